The Balaban J connectivity index is 0.00000180. The van der Waals surface area contributed by atoms with E-state index >= 15 is 0 Å². The molecular formula is C13H16ClF2NO2. The molecule has 2 rings (SSSR count). The fraction of sp³-hybridized carbons (Fsp3) is 0.462. The van der Waals surface area contributed by atoms with Gasteiger partial charge in [0.15, 0.2) is 0 Å². The number of halogens is 3. The first-order chi connectivity index (χ1) is 8.44. The summed E-state index contributed by atoms with van der Waals surface area (Å²) >= 11 is 0. The van der Waals surface area contributed by atoms with Crippen molar-refractivity contribution in [3.8, 4) is 0 Å². The third-order valence-corrected chi connectivity index (χ3v) is 3.03. The largest absolute Gasteiger partial charge is 0.481 e. The van der Waals surface area contributed by atoms with Gasteiger partial charge in [0, 0.05) is 19.5 Å². The first kappa shape index (κ1) is 15.9. The Morgan fingerprint density at radius 2 is 1.84 bits per heavy atom. The van der Waals surface area contributed by atoms with Crippen molar-refractivity contribution in [3.63, 3.8) is 0 Å². The molecule has 0 unspecified atom stereocenters. The molecule has 0 amide bonds. The molecule has 1 saturated heterocycles. The number of hydrogen-bond acceptors (Lipinski definition) is 2. The van der Waals surface area contributed by atoms with Gasteiger partial charge in [0.1, 0.15) is 0 Å². The lowest BCUT2D eigenvalue weighted by molar-refractivity contribution is -0.136. The van der Waals surface area contributed by atoms with Crippen molar-refractivity contribution in [2.75, 3.05) is 13.1 Å². The maximum absolute atomic E-state index is 13.0. The van der Waals surface area contributed by atoms with Gasteiger partial charge in [-0.05, 0) is 11.1 Å². The van der Waals surface area contributed by atoms with Crippen molar-refractivity contribution in [2.24, 2.45) is 0 Å². The highest BCUT2D eigenvalue weighted by Gasteiger charge is 2.37. The summed E-state index contributed by atoms with van der Waals surface area (Å²) in [5.41, 5.74) is 1.65. The van der Waals surface area contributed by atoms with Gasteiger partial charge < -0.3 is 5.11 Å². The summed E-state index contributed by atoms with van der Waals surface area (Å²) in [6.45, 7) is 0.705. The van der Waals surface area contributed by atoms with E-state index in [-0.39, 0.29) is 31.8 Å². The van der Waals surface area contributed by atoms with E-state index in [0.29, 0.717) is 13.1 Å². The van der Waals surface area contributed by atoms with Gasteiger partial charge in [-0.25, -0.2) is 8.78 Å². The van der Waals surface area contributed by atoms with Crippen molar-refractivity contribution < 1.29 is 18.7 Å². The molecule has 1 N–H and O–H groups in total. The van der Waals surface area contributed by atoms with E-state index in [4.69, 9.17) is 5.11 Å². The van der Waals surface area contributed by atoms with Crippen LogP contribution in [0.25, 0.3) is 0 Å². The van der Waals surface area contributed by atoms with E-state index in [1.165, 1.54) is 0 Å². The minimum atomic E-state index is -2.57. The quantitative estimate of drug-likeness (QED) is 0.927. The first-order valence-electron chi connectivity index (χ1n) is 5.84. The van der Waals surface area contributed by atoms with Crippen molar-refractivity contribution in [2.45, 2.75) is 25.3 Å². The normalized spacial score (nSPS) is 18.0. The second-order valence-corrected chi connectivity index (χ2v) is 4.70. The van der Waals surface area contributed by atoms with Crippen LogP contribution in [-0.2, 0) is 17.8 Å². The molecule has 1 aromatic carbocycles. The standard InChI is InChI=1S/C13H15F2NO2.ClH/c14-13(15)5-6-16(9-13)8-11-3-1-10(2-4-11)7-12(17)18;/h1-4H,5-9H2,(H,17,18);1H. The van der Waals surface area contributed by atoms with Crippen molar-refractivity contribution in [3.05, 3.63) is 35.4 Å². The molecule has 0 spiro atoms. The fourth-order valence-electron chi connectivity index (χ4n) is 2.14. The maximum atomic E-state index is 13.0. The van der Waals surface area contributed by atoms with Crippen molar-refractivity contribution >= 4 is 18.4 Å². The molecule has 0 atom stereocenters. The third-order valence-electron chi connectivity index (χ3n) is 3.03. The Labute approximate surface area is 116 Å². The van der Waals surface area contributed by atoms with Crippen LogP contribution in [-0.4, -0.2) is 35.0 Å². The molecule has 106 valence electrons. The molecule has 0 radical (unpaired) electrons. The SMILES string of the molecule is Cl.O=C(O)Cc1ccc(CN2CCC(F)(F)C2)cc1. The summed E-state index contributed by atoms with van der Waals surface area (Å²) in [7, 11) is 0. The Hall–Kier alpha value is -1.20. The van der Waals surface area contributed by atoms with Gasteiger partial charge in [-0.15, -0.1) is 12.4 Å². The van der Waals surface area contributed by atoms with Crippen LogP contribution in [0, 0.1) is 0 Å². The van der Waals surface area contributed by atoms with Crippen LogP contribution in [0.3, 0.4) is 0 Å². The molecule has 6 heteroatoms. The number of alkyl halides is 2. The number of aliphatic carboxylic acids is 1. The summed E-state index contributed by atoms with van der Waals surface area (Å²) in [4.78, 5) is 12.2. The summed E-state index contributed by atoms with van der Waals surface area (Å²) in [5, 5.41) is 8.63. The molecule has 19 heavy (non-hydrogen) atoms. The first-order valence-corrected chi connectivity index (χ1v) is 5.84. The van der Waals surface area contributed by atoms with Gasteiger partial charge in [0.2, 0.25) is 0 Å². The smallest absolute Gasteiger partial charge is 0.307 e. The third kappa shape index (κ3) is 4.76. The summed E-state index contributed by atoms with van der Waals surface area (Å²) in [6, 6.07) is 7.07. The van der Waals surface area contributed by atoms with Gasteiger partial charge in [-0.2, -0.15) is 0 Å². The van der Waals surface area contributed by atoms with Gasteiger partial charge >= 0.3 is 5.97 Å². The van der Waals surface area contributed by atoms with Crippen LogP contribution in [0.5, 0.6) is 0 Å². The predicted octanol–water partition coefficient (Wildman–Crippen LogP) is 2.58. The van der Waals surface area contributed by atoms with Gasteiger partial charge in [-0.1, -0.05) is 24.3 Å². The number of likely N-dealkylation sites (tertiary alicyclic amines) is 1. The number of nitrogens with zero attached hydrogens (tertiary/aromatic N) is 1. The summed E-state index contributed by atoms with van der Waals surface area (Å²) < 4.78 is 26.0. The van der Waals surface area contributed by atoms with E-state index in [1.807, 2.05) is 0 Å². The van der Waals surface area contributed by atoms with Crippen molar-refractivity contribution in [1.82, 2.24) is 4.90 Å². The van der Waals surface area contributed by atoms with Gasteiger partial charge in [0.05, 0.1) is 13.0 Å². The summed E-state index contributed by atoms with van der Waals surface area (Å²) in [5.74, 6) is -3.44. The Morgan fingerprint density at radius 1 is 1.26 bits per heavy atom. The fourth-order valence-corrected chi connectivity index (χ4v) is 2.14. The molecule has 1 fully saturated rings. The van der Waals surface area contributed by atoms with E-state index in [0.717, 1.165) is 11.1 Å². The molecule has 0 saturated carbocycles. The highest BCUT2D eigenvalue weighted by molar-refractivity contribution is 5.85. The van der Waals surface area contributed by atoms with E-state index < -0.39 is 11.9 Å². The molecule has 1 aliphatic rings. The molecule has 1 aromatic rings. The Morgan fingerprint density at radius 3 is 2.32 bits per heavy atom. The van der Waals surface area contributed by atoms with Crippen LogP contribution < -0.4 is 0 Å². The van der Waals surface area contributed by atoms with E-state index in [9.17, 15) is 13.6 Å². The number of hydrogen-bond donors (Lipinski definition) is 1. The van der Waals surface area contributed by atoms with Crippen molar-refractivity contribution in [1.29, 1.82) is 0 Å². The van der Waals surface area contributed by atoms with Crippen LogP contribution in [0.15, 0.2) is 24.3 Å². The van der Waals surface area contributed by atoms with Crippen LogP contribution in [0.4, 0.5) is 8.78 Å². The molecule has 3 nitrogen and oxygen atoms in total. The Bertz CT molecular complexity index is 437. The average Bonchev–Trinajstić information content (AvgIpc) is 2.60. The minimum Gasteiger partial charge on any atom is -0.481 e. The van der Waals surface area contributed by atoms with Crippen LogP contribution >= 0.6 is 12.4 Å². The lowest BCUT2D eigenvalue weighted by Crippen LogP contribution is -2.24. The second-order valence-electron chi connectivity index (χ2n) is 4.70. The lowest BCUT2D eigenvalue weighted by atomic mass is 10.1. The lowest BCUT2D eigenvalue weighted by Gasteiger charge is -2.15. The molecular weight excluding hydrogens is 276 g/mol. The second kappa shape index (κ2) is 6.30. The van der Waals surface area contributed by atoms with Gasteiger partial charge in [-0.3, -0.25) is 9.69 Å². The average molecular weight is 292 g/mol. The zero-order chi connectivity index (χ0) is 13.2. The monoisotopic (exact) mass is 291 g/mol. The molecule has 1 heterocycles. The maximum Gasteiger partial charge on any atom is 0.307 e. The number of carboxylic acid groups (broad SMARTS) is 1. The van der Waals surface area contributed by atoms with Crippen LogP contribution in [0.2, 0.25) is 0 Å². The summed E-state index contributed by atoms with van der Waals surface area (Å²) in [6.07, 6.45) is -0.0911. The van der Waals surface area contributed by atoms with E-state index in [2.05, 4.69) is 0 Å². The topological polar surface area (TPSA) is 40.5 Å². The van der Waals surface area contributed by atoms with E-state index in [1.54, 1.807) is 29.2 Å². The number of carbonyl (C=O) groups is 1. The Kier molecular flexibility index (Phi) is 5.26. The molecule has 0 aliphatic carbocycles. The number of carboxylic acids is 1. The highest BCUT2D eigenvalue weighted by atomic mass is 35.5. The molecule has 0 bridgehead atoms. The minimum absolute atomic E-state index is 0. The zero-order valence-corrected chi connectivity index (χ0v) is 11.1. The zero-order valence-electron chi connectivity index (χ0n) is 10.3. The highest BCUT2D eigenvalue weighted by Crippen LogP contribution is 2.27. The number of rotatable bonds is 4. The number of benzene rings is 1. The van der Waals surface area contributed by atoms with Gasteiger partial charge in [0.25, 0.3) is 5.92 Å². The van der Waals surface area contributed by atoms with Crippen LogP contribution in [0.1, 0.15) is 17.5 Å². The predicted molar refractivity (Wildman–Crippen MR) is 69.9 cm³/mol. The molecule has 1 aliphatic heterocycles. The molecule has 0 aromatic heterocycles.